The number of hydrogen-bond donors (Lipinski definition) is 1. The molecule has 122 valence electrons. The van der Waals surface area contributed by atoms with Gasteiger partial charge in [-0.25, -0.2) is 0 Å². The summed E-state index contributed by atoms with van der Waals surface area (Å²) in [7, 11) is 1.73. The zero-order chi connectivity index (χ0) is 16.2. The van der Waals surface area contributed by atoms with Crippen molar-refractivity contribution in [2.75, 3.05) is 19.0 Å². The third-order valence-corrected chi connectivity index (χ3v) is 4.25. The van der Waals surface area contributed by atoms with Crippen molar-refractivity contribution < 1.29 is 9.47 Å². The molecule has 0 amide bonds. The summed E-state index contributed by atoms with van der Waals surface area (Å²) in [6.07, 6.45) is 0.625. The number of ether oxygens (including phenoxy) is 2. The fraction of sp³-hybridized carbons (Fsp3) is 0.400. The molecule has 2 aromatic rings. The zero-order valence-corrected chi connectivity index (χ0v) is 14.1. The fourth-order valence-electron chi connectivity index (χ4n) is 3.12. The first kappa shape index (κ1) is 16.0. The lowest BCUT2D eigenvalue weighted by Gasteiger charge is -2.31. The molecule has 2 aromatic carbocycles. The Morgan fingerprint density at radius 2 is 1.52 bits per heavy atom. The van der Waals surface area contributed by atoms with Crippen LogP contribution >= 0.6 is 0 Å². The lowest BCUT2D eigenvalue weighted by molar-refractivity contribution is -0.135. The van der Waals surface area contributed by atoms with Crippen LogP contribution in [0.2, 0.25) is 0 Å². The highest BCUT2D eigenvalue weighted by atomic mass is 16.7. The van der Waals surface area contributed by atoms with Gasteiger partial charge in [-0.15, -0.1) is 0 Å². The Labute approximate surface area is 138 Å². The number of benzene rings is 2. The molecular weight excluding hydrogens is 286 g/mol. The summed E-state index contributed by atoms with van der Waals surface area (Å²) in [6.45, 7) is 5.02. The van der Waals surface area contributed by atoms with Gasteiger partial charge in [-0.1, -0.05) is 50.2 Å². The van der Waals surface area contributed by atoms with E-state index in [1.54, 1.807) is 7.11 Å². The van der Waals surface area contributed by atoms with E-state index in [4.69, 9.17) is 9.47 Å². The summed E-state index contributed by atoms with van der Waals surface area (Å²) in [6, 6.07) is 17.0. The Bertz CT molecular complexity index is 608. The van der Waals surface area contributed by atoms with Crippen LogP contribution in [-0.4, -0.2) is 20.0 Å². The van der Waals surface area contributed by atoms with E-state index < -0.39 is 0 Å². The molecule has 0 saturated carbocycles. The highest BCUT2D eigenvalue weighted by molar-refractivity contribution is 5.73. The molecule has 0 spiro atoms. The van der Waals surface area contributed by atoms with Crippen LogP contribution in [0.25, 0.3) is 0 Å². The van der Waals surface area contributed by atoms with Gasteiger partial charge in [-0.05, 0) is 29.2 Å². The van der Waals surface area contributed by atoms with Crippen molar-refractivity contribution in [3.8, 4) is 0 Å². The highest BCUT2D eigenvalue weighted by Gasteiger charge is 2.28. The minimum absolute atomic E-state index is 0.193. The minimum atomic E-state index is -0.193. The molecule has 0 aliphatic carbocycles. The maximum Gasteiger partial charge on any atom is 0.158 e. The lowest BCUT2D eigenvalue weighted by atomic mass is 9.83. The van der Waals surface area contributed by atoms with Crippen molar-refractivity contribution in [1.29, 1.82) is 0 Å². The van der Waals surface area contributed by atoms with E-state index in [1.807, 2.05) is 0 Å². The van der Waals surface area contributed by atoms with E-state index in [9.17, 15) is 0 Å². The molecule has 1 aliphatic heterocycles. The van der Waals surface area contributed by atoms with Crippen LogP contribution < -0.4 is 5.32 Å². The first-order valence-electron chi connectivity index (χ1n) is 8.28. The van der Waals surface area contributed by atoms with E-state index >= 15 is 0 Å². The molecule has 1 aliphatic rings. The molecular formula is C20H25NO2. The number of para-hydroxylation sites is 2. The van der Waals surface area contributed by atoms with Crippen molar-refractivity contribution >= 4 is 11.4 Å². The molecule has 1 N–H and O–H groups in total. The van der Waals surface area contributed by atoms with Crippen LogP contribution in [0.1, 0.15) is 37.3 Å². The topological polar surface area (TPSA) is 30.5 Å². The van der Waals surface area contributed by atoms with Crippen LogP contribution in [-0.2, 0) is 9.47 Å². The van der Waals surface area contributed by atoms with Crippen LogP contribution in [0.5, 0.6) is 0 Å². The van der Waals surface area contributed by atoms with E-state index in [1.165, 1.54) is 22.5 Å². The molecule has 3 heteroatoms. The average Bonchev–Trinajstić information content (AvgIpc) is 2.57. The van der Waals surface area contributed by atoms with Crippen molar-refractivity contribution in [2.24, 2.45) is 5.92 Å². The van der Waals surface area contributed by atoms with Crippen LogP contribution in [0, 0.1) is 5.92 Å². The third kappa shape index (κ3) is 3.57. The monoisotopic (exact) mass is 311 g/mol. The molecule has 23 heavy (non-hydrogen) atoms. The molecule has 0 radical (unpaired) electrons. The number of methoxy groups -OCH3 is 1. The Morgan fingerprint density at radius 3 is 2.04 bits per heavy atom. The zero-order valence-electron chi connectivity index (χ0n) is 14.1. The summed E-state index contributed by atoms with van der Waals surface area (Å²) in [5.74, 6) is 0.779. The Morgan fingerprint density at radius 1 is 0.957 bits per heavy atom. The minimum Gasteiger partial charge on any atom is -0.356 e. The van der Waals surface area contributed by atoms with Gasteiger partial charge in [-0.3, -0.25) is 0 Å². The van der Waals surface area contributed by atoms with Crippen LogP contribution in [0.15, 0.2) is 48.5 Å². The largest absolute Gasteiger partial charge is 0.356 e. The van der Waals surface area contributed by atoms with E-state index in [0.717, 1.165) is 6.42 Å². The van der Waals surface area contributed by atoms with Gasteiger partial charge in [0.2, 0.25) is 0 Å². The number of nitrogens with one attached hydrogen (secondary N) is 1. The smallest absolute Gasteiger partial charge is 0.158 e. The van der Waals surface area contributed by atoms with Gasteiger partial charge in [0, 0.05) is 30.8 Å². The van der Waals surface area contributed by atoms with Crippen molar-refractivity contribution in [1.82, 2.24) is 0 Å². The predicted molar refractivity (Wildman–Crippen MR) is 94.2 cm³/mol. The molecule has 3 nitrogen and oxygen atoms in total. The molecule has 0 fully saturated rings. The maximum atomic E-state index is 5.94. The molecule has 3 rings (SSSR count). The van der Waals surface area contributed by atoms with E-state index in [2.05, 4.69) is 67.7 Å². The van der Waals surface area contributed by atoms with Gasteiger partial charge < -0.3 is 14.8 Å². The molecule has 1 unspecified atom stereocenters. The van der Waals surface area contributed by atoms with Gasteiger partial charge in [0.25, 0.3) is 0 Å². The Hall–Kier alpha value is -1.84. The summed E-state index contributed by atoms with van der Waals surface area (Å²) in [5.41, 5.74) is 4.97. The second kappa shape index (κ2) is 7.16. The van der Waals surface area contributed by atoms with Crippen molar-refractivity contribution in [3.63, 3.8) is 0 Å². The number of anilines is 2. The standard InChI is InChI=1S/C20H25NO2/c1-14(2)13-23-20(22-3)12-17-15-8-4-6-10-18(15)21-19-11-7-5-9-16(17)19/h4-11,14,17,20-21H,12-13H2,1-3H3. The van der Waals surface area contributed by atoms with Gasteiger partial charge in [0.15, 0.2) is 6.29 Å². The predicted octanol–water partition coefficient (Wildman–Crippen LogP) is 4.91. The first-order chi connectivity index (χ1) is 11.2. The van der Waals surface area contributed by atoms with Gasteiger partial charge in [0.05, 0.1) is 6.61 Å². The van der Waals surface area contributed by atoms with Gasteiger partial charge >= 0.3 is 0 Å². The van der Waals surface area contributed by atoms with Gasteiger partial charge in [-0.2, -0.15) is 0 Å². The maximum absolute atomic E-state index is 5.94. The number of hydrogen-bond acceptors (Lipinski definition) is 3. The SMILES string of the molecule is COC(CC1c2ccccc2Nc2ccccc21)OCC(C)C. The molecule has 1 atom stereocenters. The molecule has 1 heterocycles. The normalized spacial score (nSPS) is 15.0. The lowest BCUT2D eigenvalue weighted by Crippen LogP contribution is -2.23. The average molecular weight is 311 g/mol. The summed E-state index contributed by atoms with van der Waals surface area (Å²) >= 11 is 0. The van der Waals surface area contributed by atoms with E-state index in [-0.39, 0.29) is 12.2 Å². The fourth-order valence-corrected chi connectivity index (χ4v) is 3.12. The van der Waals surface area contributed by atoms with Crippen molar-refractivity contribution in [2.45, 2.75) is 32.5 Å². The molecule has 0 bridgehead atoms. The quantitative estimate of drug-likeness (QED) is 0.769. The second-order valence-electron chi connectivity index (χ2n) is 6.48. The van der Waals surface area contributed by atoms with Crippen LogP contribution in [0.4, 0.5) is 11.4 Å². The van der Waals surface area contributed by atoms with Crippen LogP contribution in [0.3, 0.4) is 0 Å². The summed E-state index contributed by atoms with van der Waals surface area (Å²) in [4.78, 5) is 0. The second-order valence-corrected chi connectivity index (χ2v) is 6.48. The highest BCUT2D eigenvalue weighted by Crippen LogP contribution is 2.43. The van der Waals surface area contributed by atoms with E-state index in [0.29, 0.717) is 12.5 Å². The number of fused-ring (bicyclic) bond motifs is 2. The summed E-state index contributed by atoms with van der Waals surface area (Å²) in [5, 5.41) is 3.53. The van der Waals surface area contributed by atoms with Gasteiger partial charge in [0.1, 0.15) is 0 Å². The molecule has 0 saturated heterocycles. The molecule has 0 aromatic heterocycles. The third-order valence-electron chi connectivity index (χ3n) is 4.25. The first-order valence-corrected chi connectivity index (χ1v) is 8.28. The Balaban J connectivity index is 1.88. The summed E-state index contributed by atoms with van der Waals surface area (Å²) < 4.78 is 11.5. The van der Waals surface area contributed by atoms with Crippen molar-refractivity contribution in [3.05, 3.63) is 59.7 Å². The Kier molecular flexibility index (Phi) is 4.99. The number of rotatable bonds is 6.